The molecule has 0 bridgehead atoms. The number of hydrogen-bond acceptors (Lipinski definition) is 6. The van der Waals surface area contributed by atoms with E-state index in [-0.39, 0.29) is 5.91 Å². The van der Waals surface area contributed by atoms with E-state index in [9.17, 15) is 4.79 Å². The number of benzene rings is 2. The normalized spacial score (nSPS) is 13.6. The number of halogens is 1. The summed E-state index contributed by atoms with van der Waals surface area (Å²) < 4.78 is 11.3. The van der Waals surface area contributed by atoms with Crippen molar-refractivity contribution in [1.29, 1.82) is 0 Å². The summed E-state index contributed by atoms with van der Waals surface area (Å²) >= 11 is 7.71. The first-order chi connectivity index (χ1) is 14.5. The third kappa shape index (κ3) is 4.59. The van der Waals surface area contributed by atoms with Gasteiger partial charge in [0.1, 0.15) is 6.61 Å². The van der Waals surface area contributed by atoms with E-state index in [0.29, 0.717) is 33.8 Å². The monoisotopic (exact) mass is 443 g/mol. The molecule has 0 atom stereocenters. The Bertz CT molecular complexity index is 1070. The quantitative estimate of drug-likeness (QED) is 0.602. The lowest BCUT2D eigenvalue weighted by Gasteiger charge is -2.20. The fourth-order valence-electron chi connectivity index (χ4n) is 3.24. The Balaban J connectivity index is 1.45. The molecule has 0 radical (unpaired) electrons. The van der Waals surface area contributed by atoms with Crippen LogP contribution in [0.3, 0.4) is 0 Å². The predicted molar refractivity (Wildman–Crippen MR) is 119 cm³/mol. The van der Waals surface area contributed by atoms with E-state index in [4.69, 9.17) is 21.1 Å². The highest BCUT2D eigenvalue weighted by Crippen LogP contribution is 2.31. The van der Waals surface area contributed by atoms with Gasteiger partial charge in [-0.3, -0.25) is 10.1 Å². The maximum absolute atomic E-state index is 12.7. The number of fused-ring (bicyclic) bond motifs is 1. The number of ether oxygens (including phenoxy) is 2. The fourth-order valence-corrected chi connectivity index (χ4v) is 4.52. The van der Waals surface area contributed by atoms with Crippen molar-refractivity contribution in [2.24, 2.45) is 0 Å². The highest BCUT2D eigenvalue weighted by Gasteiger charge is 2.20. The standard InChI is InChI=1S/C22H22ClN3O3S/c1-26-10-9-17-20(12-26)30-22(24-17)25-21(27)14-7-8-18(19(11-14)28-2)29-13-15-5-3-4-6-16(15)23/h3-8,11H,9-10,12-13H2,1-2H3,(H,24,25,27). The molecule has 1 aromatic heterocycles. The second-order valence-corrected chi connectivity index (χ2v) is 8.57. The van der Waals surface area contributed by atoms with Crippen LogP contribution in [0.4, 0.5) is 5.13 Å². The zero-order chi connectivity index (χ0) is 21.1. The summed E-state index contributed by atoms with van der Waals surface area (Å²) in [5.74, 6) is 0.793. The largest absolute Gasteiger partial charge is 0.493 e. The molecule has 1 amide bonds. The van der Waals surface area contributed by atoms with Crippen molar-refractivity contribution in [3.8, 4) is 11.5 Å². The van der Waals surface area contributed by atoms with Crippen LogP contribution in [0.2, 0.25) is 5.02 Å². The topological polar surface area (TPSA) is 63.7 Å². The minimum Gasteiger partial charge on any atom is -0.493 e. The van der Waals surface area contributed by atoms with Crippen molar-refractivity contribution in [3.63, 3.8) is 0 Å². The van der Waals surface area contributed by atoms with Crippen LogP contribution >= 0.6 is 22.9 Å². The number of methoxy groups -OCH3 is 1. The Morgan fingerprint density at radius 3 is 2.90 bits per heavy atom. The first kappa shape index (κ1) is 20.7. The maximum Gasteiger partial charge on any atom is 0.257 e. The zero-order valence-electron chi connectivity index (χ0n) is 16.8. The van der Waals surface area contributed by atoms with Crippen molar-refractivity contribution in [3.05, 3.63) is 69.2 Å². The molecule has 0 spiro atoms. The molecule has 0 saturated heterocycles. The maximum atomic E-state index is 12.7. The second-order valence-electron chi connectivity index (χ2n) is 7.08. The van der Waals surface area contributed by atoms with Crippen LogP contribution in [0.1, 0.15) is 26.5 Å². The highest BCUT2D eigenvalue weighted by atomic mass is 35.5. The number of aromatic nitrogens is 1. The van der Waals surface area contributed by atoms with Crippen molar-refractivity contribution >= 4 is 34.0 Å². The molecular weight excluding hydrogens is 422 g/mol. The summed E-state index contributed by atoms with van der Waals surface area (Å²) in [6.07, 6.45) is 0.906. The SMILES string of the molecule is COc1cc(C(=O)Nc2nc3c(s2)CN(C)CC3)ccc1OCc1ccccc1Cl. The number of amides is 1. The molecule has 3 aromatic rings. The Morgan fingerprint density at radius 2 is 2.10 bits per heavy atom. The second kappa shape index (κ2) is 9.04. The Kier molecular flexibility index (Phi) is 6.22. The van der Waals surface area contributed by atoms with Gasteiger partial charge in [-0.2, -0.15) is 0 Å². The van der Waals surface area contributed by atoms with E-state index in [1.54, 1.807) is 25.3 Å². The number of thiazole rings is 1. The third-order valence-corrected chi connectivity index (χ3v) is 6.28. The lowest BCUT2D eigenvalue weighted by molar-refractivity contribution is 0.102. The molecule has 2 heterocycles. The van der Waals surface area contributed by atoms with Gasteiger partial charge >= 0.3 is 0 Å². The summed E-state index contributed by atoms with van der Waals surface area (Å²) in [7, 11) is 3.63. The van der Waals surface area contributed by atoms with Gasteiger partial charge in [0.15, 0.2) is 16.6 Å². The van der Waals surface area contributed by atoms with E-state index in [1.165, 1.54) is 16.2 Å². The van der Waals surface area contributed by atoms with Gasteiger partial charge in [-0.25, -0.2) is 4.98 Å². The summed E-state index contributed by atoms with van der Waals surface area (Å²) in [5, 5.41) is 4.17. The summed E-state index contributed by atoms with van der Waals surface area (Å²) in [5.41, 5.74) is 2.43. The molecule has 30 heavy (non-hydrogen) atoms. The highest BCUT2D eigenvalue weighted by molar-refractivity contribution is 7.15. The summed E-state index contributed by atoms with van der Waals surface area (Å²) in [6.45, 7) is 2.16. The van der Waals surface area contributed by atoms with Gasteiger partial charge in [-0.05, 0) is 31.3 Å². The fraction of sp³-hybridized carbons (Fsp3) is 0.273. The average molecular weight is 444 g/mol. The van der Waals surface area contributed by atoms with Crippen molar-refractivity contribution in [1.82, 2.24) is 9.88 Å². The number of carbonyl (C=O) groups is 1. The van der Waals surface area contributed by atoms with Gasteiger partial charge in [0.25, 0.3) is 5.91 Å². The lowest BCUT2D eigenvalue weighted by atomic mass is 10.2. The Labute approximate surface area is 184 Å². The van der Waals surface area contributed by atoms with Gasteiger partial charge in [-0.15, -0.1) is 11.3 Å². The molecule has 0 unspecified atom stereocenters. The van der Waals surface area contributed by atoms with Gasteiger partial charge in [0.05, 0.1) is 12.8 Å². The van der Waals surface area contributed by atoms with Crippen LogP contribution in [0, 0.1) is 0 Å². The molecule has 8 heteroatoms. The first-order valence-electron chi connectivity index (χ1n) is 9.56. The number of hydrogen-bond donors (Lipinski definition) is 1. The van der Waals surface area contributed by atoms with E-state index in [0.717, 1.165) is 30.8 Å². The molecule has 1 N–H and O–H groups in total. The third-order valence-electron chi connectivity index (χ3n) is 4.91. The number of carbonyl (C=O) groups excluding carboxylic acids is 1. The molecule has 156 valence electrons. The van der Waals surface area contributed by atoms with Crippen LogP contribution in [0.25, 0.3) is 0 Å². The molecule has 0 aliphatic carbocycles. The number of rotatable bonds is 6. The zero-order valence-corrected chi connectivity index (χ0v) is 18.3. The minimum atomic E-state index is -0.231. The van der Waals surface area contributed by atoms with E-state index < -0.39 is 0 Å². The first-order valence-corrected chi connectivity index (χ1v) is 10.8. The Hall–Kier alpha value is -2.61. The molecule has 1 aliphatic heterocycles. The van der Waals surface area contributed by atoms with Crippen molar-refractivity contribution in [2.45, 2.75) is 19.6 Å². The smallest absolute Gasteiger partial charge is 0.257 e. The molecule has 0 fully saturated rings. The number of nitrogens with one attached hydrogen (secondary N) is 1. The van der Waals surface area contributed by atoms with Crippen LogP contribution < -0.4 is 14.8 Å². The van der Waals surface area contributed by atoms with Crippen molar-refractivity contribution < 1.29 is 14.3 Å². The van der Waals surface area contributed by atoms with Crippen LogP contribution in [0.15, 0.2) is 42.5 Å². The van der Waals surface area contributed by atoms with E-state index in [2.05, 4.69) is 22.2 Å². The number of likely N-dealkylation sites (N-methyl/N-ethyl adjacent to an activating group) is 1. The molecule has 6 nitrogen and oxygen atoms in total. The average Bonchev–Trinajstić information content (AvgIpc) is 3.14. The Morgan fingerprint density at radius 1 is 1.27 bits per heavy atom. The van der Waals surface area contributed by atoms with Crippen LogP contribution in [0.5, 0.6) is 11.5 Å². The van der Waals surface area contributed by atoms with E-state index in [1.807, 2.05) is 24.3 Å². The number of nitrogens with zero attached hydrogens (tertiary/aromatic N) is 2. The van der Waals surface area contributed by atoms with E-state index >= 15 is 0 Å². The number of anilines is 1. The minimum absolute atomic E-state index is 0.231. The van der Waals surface area contributed by atoms with Crippen LogP contribution in [-0.2, 0) is 19.6 Å². The lowest BCUT2D eigenvalue weighted by Crippen LogP contribution is -2.25. The van der Waals surface area contributed by atoms with Gasteiger partial charge in [0, 0.05) is 40.5 Å². The van der Waals surface area contributed by atoms with Crippen LogP contribution in [-0.4, -0.2) is 36.5 Å². The molecule has 4 rings (SSSR count). The summed E-state index contributed by atoms with van der Waals surface area (Å²) in [4.78, 5) is 20.8. The molecule has 0 saturated carbocycles. The van der Waals surface area contributed by atoms with Gasteiger partial charge < -0.3 is 14.4 Å². The van der Waals surface area contributed by atoms with Crippen molar-refractivity contribution in [2.75, 3.05) is 26.0 Å². The molecule has 2 aromatic carbocycles. The molecule has 1 aliphatic rings. The van der Waals surface area contributed by atoms with Gasteiger partial charge in [-0.1, -0.05) is 29.8 Å². The van der Waals surface area contributed by atoms with Gasteiger partial charge in [0.2, 0.25) is 0 Å². The predicted octanol–water partition coefficient (Wildman–Crippen LogP) is 4.62. The summed E-state index contributed by atoms with van der Waals surface area (Å²) in [6, 6.07) is 12.6. The molecular formula is C22H22ClN3O3S.